The summed E-state index contributed by atoms with van der Waals surface area (Å²) < 4.78 is 0. The van der Waals surface area contributed by atoms with Crippen molar-refractivity contribution in [3.05, 3.63) is 29.8 Å². The van der Waals surface area contributed by atoms with Crippen molar-refractivity contribution < 1.29 is 4.79 Å². The van der Waals surface area contributed by atoms with Gasteiger partial charge in [-0.15, -0.1) is 24.0 Å². The molecule has 1 aliphatic carbocycles. The number of amides is 1. The molecule has 1 aromatic rings. The first-order valence-electron chi connectivity index (χ1n) is 10.9. The van der Waals surface area contributed by atoms with E-state index >= 15 is 0 Å². The molecular formula is C23H35IN6O. The number of guanidine groups is 1. The van der Waals surface area contributed by atoms with Crippen LogP contribution in [0.5, 0.6) is 0 Å². The number of benzene rings is 1. The third-order valence-corrected chi connectivity index (χ3v) is 6.37. The van der Waals surface area contributed by atoms with Crippen molar-refractivity contribution in [3.8, 4) is 6.07 Å². The summed E-state index contributed by atoms with van der Waals surface area (Å²) >= 11 is 0. The first kappa shape index (κ1) is 25.2. The second kappa shape index (κ2) is 11.6. The number of nitrogens with zero attached hydrogens (tertiary/aromatic N) is 4. The van der Waals surface area contributed by atoms with Gasteiger partial charge in [0.2, 0.25) is 5.91 Å². The lowest BCUT2D eigenvalue weighted by Gasteiger charge is -2.36. The second-order valence-corrected chi connectivity index (χ2v) is 8.67. The molecular weight excluding hydrogens is 503 g/mol. The zero-order chi connectivity index (χ0) is 21.6. The highest BCUT2D eigenvalue weighted by Gasteiger charge is 2.42. The number of hydrogen-bond donors (Lipinski definition) is 2. The number of carbonyl (C=O) groups excluding carboxylic acids is 1. The number of carbonyl (C=O) groups is 1. The van der Waals surface area contributed by atoms with Crippen LogP contribution < -0.4 is 15.5 Å². The van der Waals surface area contributed by atoms with Crippen LogP contribution in [0, 0.1) is 16.7 Å². The van der Waals surface area contributed by atoms with Crippen molar-refractivity contribution in [2.45, 2.75) is 44.6 Å². The van der Waals surface area contributed by atoms with E-state index in [1.54, 1.807) is 11.9 Å². The summed E-state index contributed by atoms with van der Waals surface area (Å²) in [4.78, 5) is 21.2. The van der Waals surface area contributed by atoms with E-state index in [-0.39, 0.29) is 41.3 Å². The molecule has 7 nitrogen and oxygen atoms in total. The molecule has 1 saturated carbocycles. The summed E-state index contributed by atoms with van der Waals surface area (Å²) in [6, 6.07) is 10.3. The molecule has 2 fully saturated rings. The summed E-state index contributed by atoms with van der Waals surface area (Å²) in [7, 11) is 5.45. The Balaban J connectivity index is 0.00000341. The molecule has 1 aromatic carbocycles. The normalized spacial score (nSPS) is 20.4. The summed E-state index contributed by atoms with van der Waals surface area (Å²) in [5, 5.41) is 16.4. The maximum atomic E-state index is 12.8. The van der Waals surface area contributed by atoms with Crippen LogP contribution in [0.15, 0.2) is 29.3 Å². The molecule has 0 aromatic heterocycles. The fraction of sp³-hybridized carbons (Fsp3) is 0.609. The Morgan fingerprint density at radius 3 is 2.65 bits per heavy atom. The Hall–Kier alpha value is -2.02. The van der Waals surface area contributed by atoms with E-state index in [2.05, 4.69) is 26.6 Å². The molecule has 0 spiro atoms. The predicted molar refractivity (Wildman–Crippen MR) is 136 cm³/mol. The van der Waals surface area contributed by atoms with Crippen LogP contribution in [0.3, 0.4) is 0 Å². The molecule has 1 heterocycles. The molecule has 8 heteroatoms. The van der Waals surface area contributed by atoms with E-state index in [0.717, 1.165) is 63.3 Å². The number of piperidine rings is 1. The van der Waals surface area contributed by atoms with Gasteiger partial charge in [-0.1, -0.05) is 25.0 Å². The van der Waals surface area contributed by atoms with E-state index in [9.17, 15) is 10.1 Å². The van der Waals surface area contributed by atoms with E-state index in [4.69, 9.17) is 0 Å². The van der Waals surface area contributed by atoms with Crippen molar-refractivity contribution in [1.82, 2.24) is 15.5 Å². The van der Waals surface area contributed by atoms with Crippen LogP contribution in [0.2, 0.25) is 0 Å². The quantitative estimate of drug-likeness (QED) is 0.342. The third kappa shape index (κ3) is 6.03. The van der Waals surface area contributed by atoms with Gasteiger partial charge in [-0.2, -0.15) is 5.26 Å². The third-order valence-electron chi connectivity index (χ3n) is 6.37. The average Bonchev–Trinajstić information content (AvgIpc) is 3.26. The molecule has 3 rings (SSSR count). The minimum absolute atomic E-state index is 0. The van der Waals surface area contributed by atoms with Crippen molar-refractivity contribution in [2.75, 3.05) is 45.7 Å². The van der Waals surface area contributed by atoms with Gasteiger partial charge >= 0.3 is 0 Å². The first-order chi connectivity index (χ1) is 14.5. The van der Waals surface area contributed by atoms with Crippen molar-refractivity contribution in [1.29, 1.82) is 5.26 Å². The number of halogens is 1. The number of rotatable bonds is 5. The zero-order valence-electron chi connectivity index (χ0n) is 18.9. The van der Waals surface area contributed by atoms with Crippen LogP contribution in [-0.4, -0.2) is 63.6 Å². The molecule has 1 saturated heterocycles. The number of nitriles is 1. The fourth-order valence-electron chi connectivity index (χ4n) is 4.79. The highest BCUT2D eigenvalue weighted by atomic mass is 127. The van der Waals surface area contributed by atoms with Crippen LogP contribution in [0.25, 0.3) is 0 Å². The number of aliphatic imine (C=N–C) groups is 1. The van der Waals surface area contributed by atoms with Gasteiger partial charge in [0.15, 0.2) is 5.96 Å². The van der Waals surface area contributed by atoms with E-state index in [1.807, 2.05) is 38.4 Å². The van der Waals surface area contributed by atoms with Crippen molar-refractivity contribution in [3.63, 3.8) is 0 Å². The second-order valence-electron chi connectivity index (χ2n) is 8.67. The molecule has 1 amide bonds. The maximum Gasteiger partial charge on any atom is 0.230 e. The highest BCUT2D eigenvalue weighted by Crippen LogP contribution is 2.38. The number of nitrogens with one attached hydrogen (secondary N) is 2. The lowest BCUT2D eigenvalue weighted by molar-refractivity contribution is -0.138. The molecule has 0 bridgehead atoms. The summed E-state index contributed by atoms with van der Waals surface area (Å²) in [5.41, 5.74) is 1.38. The topological polar surface area (TPSA) is 83.8 Å². The lowest BCUT2D eigenvalue weighted by atomic mass is 9.84. The molecule has 1 aliphatic heterocycles. The van der Waals surface area contributed by atoms with E-state index in [1.165, 1.54) is 0 Å². The van der Waals surface area contributed by atoms with Gasteiger partial charge in [0.05, 0.1) is 16.7 Å². The Morgan fingerprint density at radius 1 is 1.29 bits per heavy atom. The van der Waals surface area contributed by atoms with Gasteiger partial charge in [0.1, 0.15) is 6.07 Å². The number of hydrogen-bond acceptors (Lipinski definition) is 4. The minimum Gasteiger partial charge on any atom is -0.368 e. The molecule has 2 aliphatic rings. The predicted octanol–water partition coefficient (Wildman–Crippen LogP) is 2.96. The zero-order valence-corrected chi connectivity index (χ0v) is 21.2. The highest BCUT2D eigenvalue weighted by molar-refractivity contribution is 14.0. The molecule has 1 unspecified atom stereocenters. The van der Waals surface area contributed by atoms with Gasteiger partial charge in [-0.3, -0.25) is 9.79 Å². The summed E-state index contributed by atoms with van der Waals surface area (Å²) in [5.74, 6) is 0.952. The SMILES string of the molecule is CN=C(NCC1(C(=O)N(C)C)CCCC1)NC1CCCN(c2ccccc2C#N)C1.I. The van der Waals surface area contributed by atoms with Crippen LogP contribution >= 0.6 is 24.0 Å². The number of anilines is 1. The number of para-hydroxylation sites is 1. The first-order valence-corrected chi connectivity index (χ1v) is 10.9. The van der Waals surface area contributed by atoms with Gasteiger partial charge in [-0.25, -0.2) is 0 Å². The van der Waals surface area contributed by atoms with E-state index in [0.29, 0.717) is 12.1 Å². The largest absolute Gasteiger partial charge is 0.368 e. The standard InChI is InChI=1S/C23H34N6O.HI/c1-25-22(26-17-23(12-6-7-13-23)21(30)28(2)3)27-19-10-8-14-29(16-19)20-11-5-4-9-18(20)15-24;/h4-5,9,11,19H,6-8,10,12-14,16-17H2,1-3H3,(H2,25,26,27);1H. The summed E-state index contributed by atoms with van der Waals surface area (Å²) in [6.07, 6.45) is 6.16. The van der Waals surface area contributed by atoms with Gasteiger partial charge in [0, 0.05) is 46.8 Å². The molecule has 0 radical (unpaired) electrons. The van der Waals surface area contributed by atoms with Crippen LogP contribution in [-0.2, 0) is 4.79 Å². The maximum absolute atomic E-state index is 12.8. The Bertz CT molecular complexity index is 813. The molecule has 1 atom stereocenters. The lowest BCUT2D eigenvalue weighted by Crippen LogP contribution is -2.54. The van der Waals surface area contributed by atoms with Crippen molar-refractivity contribution >= 4 is 41.5 Å². The van der Waals surface area contributed by atoms with Crippen LogP contribution in [0.1, 0.15) is 44.1 Å². The van der Waals surface area contributed by atoms with E-state index < -0.39 is 0 Å². The molecule has 170 valence electrons. The molecule has 31 heavy (non-hydrogen) atoms. The monoisotopic (exact) mass is 538 g/mol. The van der Waals surface area contributed by atoms with Gasteiger partial charge in [0.25, 0.3) is 0 Å². The van der Waals surface area contributed by atoms with Gasteiger partial charge in [-0.05, 0) is 37.8 Å². The smallest absolute Gasteiger partial charge is 0.230 e. The Kier molecular flexibility index (Phi) is 9.41. The molecule has 2 N–H and O–H groups in total. The van der Waals surface area contributed by atoms with Gasteiger partial charge < -0.3 is 20.4 Å². The Labute approximate surface area is 203 Å². The fourth-order valence-corrected chi connectivity index (χ4v) is 4.79. The van der Waals surface area contributed by atoms with Crippen LogP contribution in [0.4, 0.5) is 5.69 Å². The Morgan fingerprint density at radius 2 is 2.00 bits per heavy atom. The summed E-state index contributed by atoms with van der Waals surface area (Å²) in [6.45, 7) is 2.38. The average molecular weight is 538 g/mol. The minimum atomic E-state index is -0.328. The van der Waals surface area contributed by atoms with Crippen molar-refractivity contribution in [2.24, 2.45) is 10.4 Å².